The average Bonchev–Trinajstić information content (AvgIpc) is 2.40. The lowest BCUT2D eigenvalue weighted by atomic mass is 10.1. The maximum atomic E-state index is 12.8. The van der Waals surface area contributed by atoms with Gasteiger partial charge in [0.15, 0.2) is 0 Å². The topological polar surface area (TPSA) is 12.0 Å². The van der Waals surface area contributed by atoms with Gasteiger partial charge >= 0.3 is 0 Å². The normalized spacial score (nSPS) is 12.3. The van der Waals surface area contributed by atoms with Crippen molar-refractivity contribution in [3.8, 4) is 0 Å². The molecule has 2 heteroatoms. The first-order valence-corrected chi connectivity index (χ1v) is 6.28. The zero-order chi connectivity index (χ0) is 12.8. The molecule has 94 valence electrons. The highest BCUT2D eigenvalue weighted by atomic mass is 19.1. The minimum atomic E-state index is -0.185. The Labute approximate surface area is 108 Å². The molecule has 0 aliphatic rings. The SMILES string of the molecule is C[C@@H](NCCc1ccccc1)c1ccc(F)cc1. The third kappa shape index (κ3) is 3.67. The van der Waals surface area contributed by atoms with Gasteiger partial charge in [-0.25, -0.2) is 4.39 Å². The van der Waals surface area contributed by atoms with Crippen molar-refractivity contribution in [1.82, 2.24) is 5.32 Å². The summed E-state index contributed by atoms with van der Waals surface area (Å²) in [6.07, 6.45) is 1.01. The van der Waals surface area contributed by atoms with Crippen molar-refractivity contribution in [1.29, 1.82) is 0 Å². The smallest absolute Gasteiger partial charge is 0.123 e. The largest absolute Gasteiger partial charge is 0.310 e. The lowest BCUT2D eigenvalue weighted by molar-refractivity contribution is 0.573. The second-order valence-electron chi connectivity index (χ2n) is 4.46. The number of benzene rings is 2. The molecule has 1 atom stereocenters. The summed E-state index contributed by atoms with van der Waals surface area (Å²) in [6, 6.07) is 17.3. The lowest BCUT2D eigenvalue weighted by Crippen LogP contribution is -2.21. The van der Waals surface area contributed by atoms with Gasteiger partial charge in [0.25, 0.3) is 0 Å². The molecule has 0 heterocycles. The fraction of sp³-hybridized carbons (Fsp3) is 0.250. The van der Waals surface area contributed by atoms with E-state index in [0.717, 1.165) is 18.5 Å². The van der Waals surface area contributed by atoms with Gasteiger partial charge in [-0.05, 0) is 43.1 Å². The molecule has 0 amide bonds. The van der Waals surface area contributed by atoms with Crippen LogP contribution in [0.25, 0.3) is 0 Å². The Bertz CT molecular complexity index is 464. The Morgan fingerprint density at radius 1 is 1.00 bits per heavy atom. The van der Waals surface area contributed by atoms with Gasteiger partial charge in [-0.2, -0.15) is 0 Å². The van der Waals surface area contributed by atoms with E-state index in [2.05, 4.69) is 36.5 Å². The summed E-state index contributed by atoms with van der Waals surface area (Å²) in [6.45, 7) is 3.01. The van der Waals surface area contributed by atoms with Gasteiger partial charge in [0.1, 0.15) is 5.82 Å². The molecule has 0 aromatic heterocycles. The third-order valence-electron chi connectivity index (χ3n) is 3.08. The van der Waals surface area contributed by atoms with E-state index < -0.39 is 0 Å². The molecule has 18 heavy (non-hydrogen) atoms. The van der Waals surface area contributed by atoms with Gasteiger partial charge in [-0.15, -0.1) is 0 Å². The van der Waals surface area contributed by atoms with Crippen LogP contribution in [0.4, 0.5) is 4.39 Å². The van der Waals surface area contributed by atoms with Crippen LogP contribution in [-0.2, 0) is 6.42 Å². The maximum Gasteiger partial charge on any atom is 0.123 e. The van der Waals surface area contributed by atoms with Crippen molar-refractivity contribution in [3.63, 3.8) is 0 Å². The zero-order valence-electron chi connectivity index (χ0n) is 10.6. The molecule has 1 nitrogen and oxygen atoms in total. The molecule has 2 aromatic carbocycles. The summed E-state index contributed by atoms with van der Waals surface area (Å²) in [5, 5.41) is 3.44. The molecular weight excluding hydrogens is 225 g/mol. The Morgan fingerprint density at radius 3 is 2.33 bits per heavy atom. The highest BCUT2D eigenvalue weighted by molar-refractivity contribution is 5.19. The molecular formula is C16H18FN. The average molecular weight is 243 g/mol. The predicted molar refractivity (Wildman–Crippen MR) is 73.0 cm³/mol. The number of hydrogen-bond donors (Lipinski definition) is 1. The summed E-state index contributed by atoms with van der Waals surface area (Å²) < 4.78 is 12.8. The van der Waals surface area contributed by atoms with Crippen molar-refractivity contribution < 1.29 is 4.39 Å². The van der Waals surface area contributed by atoms with E-state index >= 15 is 0 Å². The quantitative estimate of drug-likeness (QED) is 0.844. The van der Waals surface area contributed by atoms with E-state index in [9.17, 15) is 4.39 Å². The van der Waals surface area contributed by atoms with Crippen molar-refractivity contribution in [2.24, 2.45) is 0 Å². The van der Waals surface area contributed by atoms with Crippen molar-refractivity contribution in [2.45, 2.75) is 19.4 Å². The molecule has 0 saturated carbocycles. The van der Waals surface area contributed by atoms with Crippen LogP contribution in [0.15, 0.2) is 54.6 Å². The minimum Gasteiger partial charge on any atom is -0.310 e. The standard InChI is InChI=1S/C16H18FN/c1-13(15-7-9-16(17)10-8-15)18-12-11-14-5-3-2-4-6-14/h2-10,13,18H,11-12H2,1H3/t13-/m1/s1. The summed E-state index contributed by atoms with van der Waals surface area (Å²) >= 11 is 0. The first-order valence-electron chi connectivity index (χ1n) is 6.28. The summed E-state index contributed by atoms with van der Waals surface area (Å²) in [5.41, 5.74) is 2.45. The molecule has 0 unspecified atom stereocenters. The van der Waals surface area contributed by atoms with Gasteiger partial charge in [-0.3, -0.25) is 0 Å². The van der Waals surface area contributed by atoms with E-state index in [1.165, 1.54) is 17.7 Å². The second kappa shape index (κ2) is 6.31. The summed E-state index contributed by atoms with van der Waals surface area (Å²) in [5.74, 6) is -0.185. The molecule has 2 aromatic rings. The molecule has 0 aliphatic heterocycles. The van der Waals surface area contributed by atoms with Crippen LogP contribution in [-0.4, -0.2) is 6.54 Å². The summed E-state index contributed by atoms with van der Waals surface area (Å²) in [4.78, 5) is 0. The maximum absolute atomic E-state index is 12.8. The fourth-order valence-electron chi connectivity index (χ4n) is 1.95. The molecule has 0 bridgehead atoms. The van der Waals surface area contributed by atoms with Crippen LogP contribution in [0.5, 0.6) is 0 Å². The highest BCUT2D eigenvalue weighted by Crippen LogP contribution is 2.12. The first kappa shape index (κ1) is 12.8. The monoisotopic (exact) mass is 243 g/mol. The molecule has 0 aliphatic carbocycles. The lowest BCUT2D eigenvalue weighted by Gasteiger charge is -2.14. The molecule has 0 saturated heterocycles. The Kier molecular flexibility index (Phi) is 4.48. The second-order valence-corrected chi connectivity index (χ2v) is 4.46. The van der Waals surface area contributed by atoms with Gasteiger partial charge < -0.3 is 5.32 Å². The molecule has 0 spiro atoms. The fourth-order valence-corrected chi connectivity index (χ4v) is 1.95. The molecule has 0 radical (unpaired) electrons. The van der Waals surface area contributed by atoms with E-state index in [0.29, 0.717) is 0 Å². The van der Waals surface area contributed by atoms with Crippen LogP contribution in [0.2, 0.25) is 0 Å². The van der Waals surface area contributed by atoms with Crippen LogP contribution in [0.1, 0.15) is 24.1 Å². The Balaban J connectivity index is 1.81. The Morgan fingerprint density at radius 2 is 1.67 bits per heavy atom. The Hall–Kier alpha value is -1.67. The highest BCUT2D eigenvalue weighted by Gasteiger charge is 2.04. The zero-order valence-corrected chi connectivity index (χ0v) is 10.6. The van der Waals surface area contributed by atoms with Gasteiger partial charge in [-0.1, -0.05) is 42.5 Å². The van der Waals surface area contributed by atoms with Crippen LogP contribution in [0, 0.1) is 5.82 Å². The molecule has 1 N–H and O–H groups in total. The van der Waals surface area contributed by atoms with E-state index in [1.807, 2.05) is 18.2 Å². The van der Waals surface area contributed by atoms with Crippen molar-refractivity contribution in [2.75, 3.05) is 6.54 Å². The van der Waals surface area contributed by atoms with Crippen LogP contribution in [0.3, 0.4) is 0 Å². The van der Waals surface area contributed by atoms with Crippen molar-refractivity contribution >= 4 is 0 Å². The number of nitrogens with one attached hydrogen (secondary N) is 1. The third-order valence-corrected chi connectivity index (χ3v) is 3.08. The summed E-state index contributed by atoms with van der Waals surface area (Å²) in [7, 11) is 0. The van der Waals surface area contributed by atoms with Gasteiger partial charge in [0.05, 0.1) is 0 Å². The van der Waals surface area contributed by atoms with Gasteiger partial charge in [0, 0.05) is 6.04 Å². The number of hydrogen-bond acceptors (Lipinski definition) is 1. The number of rotatable bonds is 5. The first-order chi connectivity index (χ1) is 8.75. The van der Waals surface area contributed by atoms with E-state index in [-0.39, 0.29) is 11.9 Å². The van der Waals surface area contributed by atoms with E-state index in [4.69, 9.17) is 0 Å². The van der Waals surface area contributed by atoms with E-state index in [1.54, 1.807) is 0 Å². The molecule has 2 rings (SSSR count). The molecule has 0 fully saturated rings. The minimum absolute atomic E-state index is 0.185. The predicted octanol–water partition coefficient (Wildman–Crippen LogP) is 3.72. The van der Waals surface area contributed by atoms with Crippen molar-refractivity contribution in [3.05, 3.63) is 71.5 Å². The van der Waals surface area contributed by atoms with Crippen LogP contribution < -0.4 is 5.32 Å². The van der Waals surface area contributed by atoms with Crippen LogP contribution >= 0.6 is 0 Å². The number of halogens is 1. The van der Waals surface area contributed by atoms with Gasteiger partial charge in [0.2, 0.25) is 0 Å².